The zero-order valence-corrected chi connectivity index (χ0v) is 59.9. The Bertz CT molecular complexity index is 6770. The molecule has 0 bridgehead atoms. The van der Waals surface area contributed by atoms with E-state index in [0.29, 0.717) is 23.1 Å². The molecule has 0 radical (unpaired) electrons. The highest BCUT2D eigenvalue weighted by molar-refractivity contribution is 6.12. The first kappa shape index (κ1) is 66.0. The van der Waals surface area contributed by atoms with Crippen molar-refractivity contribution in [3.05, 3.63) is 413 Å². The average Bonchev–Trinajstić information content (AvgIpc) is 1.58. The van der Waals surface area contributed by atoms with Gasteiger partial charge < -0.3 is 8.83 Å². The summed E-state index contributed by atoms with van der Waals surface area (Å²) in [4.78, 5) is 20.8. The zero-order chi connectivity index (χ0) is 73.1. The summed E-state index contributed by atoms with van der Waals surface area (Å²) in [5.74, 6) is 1.24. The number of rotatable bonds is 14. The third-order valence-corrected chi connectivity index (χ3v) is 20.6. The van der Waals surface area contributed by atoms with Crippen molar-refractivity contribution < 1.29 is 8.83 Å². The topological polar surface area (TPSA) is 77.8 Å². The van der Waals surface area contributed by atoms with Crippen molar-refractivity contribution in [2.75, 3.05) is 0 Å². The largest absolute Gasteiger partial charge is 0.438 e. The molecule has 20 aromatic rings. The quantitative estimate of drug-likeness (QED) is 0.108. The van der Waals surface area contributed by atoms with E-state index in [0.717, 1.165) is 122 Å². The normalized spacial score (nSPS) is 11.3. The van der Waals surface area contributed by atoms with Crippen LogP contribution in [0.25, 0.3) is 201 Å². The van der Waals surface area contributed by atoms with Crippen molar-refractivity contribution >= 4 is 44.1 Å². The van der Waals surface area contributed by atoms with E-state index in [1.54, 1.807) is 0 Å². The highest BCUT2D eigenvalue weighted by Gasteiger charge is 2.22. The van der Waals surface area contributed by atoms with Gasteiger partial charge in [-0.05, 0) is 178 Å². The van der Waals surface area contributed by atoms with Crippen molar-refractivity contribution in [2.24, 2.45) is 0 Å². The van der Waals surface area contributed by atoms with E-state index in [4.69, 9.17) is 28.8 Å². The predicted molar refractivity (Wildman–Crippen MR) is 455 cm³/mol. The molecule has 0 unspecified atom stereocenters. The van der Waals surface area contributed by atoms with Crippen LogP contribution in [-0.4, -0.2) is 19.9 Å². The van der Waals surface area contributed by atoms with Crippen molar-refractivity contribution in [1.82, 2.24) is 19.9 Å². The second kappa shape index (κ2) is 29.3. The molecule has 0 saturated carbocycles. The van der Waals surface area contributed by atoms with Crippen LogP contribution in [0.15, 0.2) is 421 Å². The van der Waals surface area contributed by atoms with Crippen LogP contribution in [0.3, 0.4) is 0 Å². The summed E-state index contributed by atoms with van der Waals surface area (Å²) in [5.41, 5.74) is 31.5. The van der Waals surface area contributed by atoms with Gasteiger partial charge in [-0.25, -0.2) is 9.97 Å². The van der Waals surface area contributed by atoms with Gasteiger partial charge in [0.1, 0.15) is 11.2 Å². The van der Waals surface area contributed by atoms with Crippen LogP contribution >= 0.6 is 0 Å². The van der Waals surface area contributed by atoms with Gasteiger partial charge in [-0.3, -0.25) is 0 Å². The summed E-state index contributed by atoms with van der Waals surface area (Å²) >= 11 is 0. The van der Waals surface area contributed by atoms with E-state index in [1.165, 1.54) is 55.6 Å². The molecule has 6 heteroatoms. The van der Waals surface area contributed by atoms with Crippen molar-refractivity contribution in [1.29, 1.82) is 0 Å². The molecule has 0 aliphatic rings. The maximum absolute atomic E-state index is 6.43. The van der Waals surface area contributed by atoms with Gasteiger partial charge in [-0.2, -0.15) is 9.97 Å². The van der Waals surface area contributed by atoms with Gasteiger partial charge in [0.15, 0.2) is 11.6 Å². The molecule has 16 aromatic carbocycles. The van der Waals surface area contributed by atoms with E-state index in [-0.39, 0.29) is 0 Å². The first-order valence-corrected chi connectivity index (χ1v) is 37.1. The van der Waals surface area contributed by atoms with E-state index in [9.17, 15) is 0 Å². The zero-order valence-electron chi connectivity index (χ0n) is 59.9. The molecule has 0 aliphatic heterocycles. The maximum atomic E-state index is 6.43. The van der Waals surface area contributed by atoms with Crippen molar-refractivity contribution in [2.45, 2.75) is 0 Å². The Morgan fingerprint density at radius 1 is 0.145 bits per heavy atom. The monoisotopic (exact) mass is 1400 g/mol. The van der Waals surface area contributed by atoms with Crippen LogP contribution in [0.2, 0.25) is 0 Å². The minimum absolute atomic E-state index is 0.573. The van der Waals surface area contributed by atoms with Crippen molar-refractivity contribution in [3.63, 3.8) is 0 Å². The minimum Gasteiger partial charge on any atom is -0.438 e. The predicted octanol–water partition coefficient (Wildman–Crippen LogP) is 28.1. The van der Waals surface area contributed by atoms with E-state index in [2.05, 4.69) is 364 Å². The van der Waals surface area contributed by atoms with E-state index >= 15 is 0 Å². The minimum atomic E-state index is 0.573. The molecule has 6 nitrogen and oxygen atoms in total. The van der Waals surface area contributed by atoms with Gasteiger partial charge in [0, 0.05) is 33.0 Å². The fourth-order valence-corrected chi connectivity index (χ4v) is 15.1. The number of hydrogen-bond donors (Lipinski definition) is 0. The Kier molecular flexibility index (Phi) is 17.6. The summed E-state index contributed by atoms with van der Waals surface area (Å²) in [6.45, 7) is 0. The van der Waals surface area contributed by atoms with Gasteiger partial charge >= 0.3 is 0 Å². The molecule has 0 aliphatic carbocycles. The second-order valence-electron chi connectivity index (χ2n) is 27.6. The maximum Gasteiger partial charge on any atom is 0.231 e. The Balaban J connectivity index is 0.000000149. The summed E-state index contributed by atoms with van der Waals surface area (Å²) in [6, 6.07) is 145. The second-order valence-corrected chi connectivity index (χ2v) is 27.6. The molecule has 4 aromatic heterocycles. The molecule has 110 heavy (non-hydrogen) atoms. The van der Waals surface area contributed by atoms with Crippen LogP contribution in [-0.2, 0) is 0 Å². The summed E-state index contributed by atoms with van der Waals surface area (Å²) in [7, 11) is 0. The average molecular weight is 1410 g/mol. The number of benzene rings is 16. The first-order chi connectivity index (χ1) is 54.5. The lowest BCUT2D eigenvalue weighted by Crippen LogP contribution is -1.94. The third kappa shape index (κ3) is 13.4. The van der Waals surface area contributed by atoms with Crippen LogP contribution in [0.1, 0.15) is 0 Å². The molecular weight excluding hydrogens is 1340 g/mol. The number of aromatic nitrogens is 4. The number of para-hydroxylation sites is 2. The molecule has 20 rings (SSSR count). The number of hydrogen-bond acceptors (Lipinski definition) is 6. The standard InChI is InChI=1S/2C52H34N2O/c1-3-14-35(15-4-1)37-18-9-20-39(30-37)41-22-11-23-42(32-41)44-25-13-27-46(34-44)51-53-50(49-47-28-7-8-29-48(47)55-52(49)54-51)45-26-12-24-43(33-45)40-21-10-19-38(31-40)36-16-5-2-6-17-36;1-3-13-35(14-4-1)37-27-29-38(30-28-37)40-18-11-23-45(33-40)50-49-47-25-7-8-26-48(47)55-52(49)54-51(53-50)46-24-12-22-44(34-46)43-21-10-20-42(32-43)41-19-9-17-39(31-41)36-15-5-2-6-16-36/h2*1-34H. The van der Waals surface area contributed by atoms with Gasteiger partial charge in [0.2, 0.25) is 11.4 Å². The molecule has 0 N–H and O–H groups in total. The molecule has 0 spiro atoms. The molecule has 4 heterocycles. The smallest absolute Gasteiger partial charge is 0.231 e. The van der Waals surface area contributed by atoms with E-state index < -0.39 is 0 Å². The highest BCUT2D eigenvalue weighted by atomic mass is 16.3. The number of furan rings is 2. The Morgan fingerprint density at radius 2 is 0.336 bits per heavy atom. The number of fused-ring (bicyclic) bond motifs is 6. The molecule has 0 amide bonds. The first-order valence-electron chi connectivity index (χ1n) is 37.1. The molecule has 0 saturated heterocycles. The van der Waals surface area contributed by atoms with Gasteiger partial charge in [0.05, 0.1) is 22.2 Å². The molecule has 516 valence electrons. The lowest BCUT2D eigenvalue weighted by atomic mass is 9.95. The van der Waals surface area contributed by atoms with Crippen LogP contribution in [0.4, 0.5) is 0 Å². The van der Waals surface area contributed by atoms with Crippen LogP contribution in [0, 0.1) is 0 Å². The van der Waals surface area contributed by atoms with Gasteiger partial charge in [-0.1, -0.05) is 346 Å². The fourth-order valence-electron chi connectivity index (χ4n) is 15.1. The lowest BCUT2D eigenvalue weighted by Gasteiger charge is -2.11. The van der Waals surface area contributed by atoms with Crippen molar-refractivity contribution in [3.8, 4) is 157 Å². The van der Waals surface area contributed by atoms with Crippen LogP contribution in [0.5, 0.6) is 0 Å². The molecule has 0 fully saturated rings. The third-order valence-electron chi connectivity index (χ3n) is 20.6. The lowest BCUT2D eigenvalue weighted by molar-refractivity contribution is 0.653. The highest BCUT2D eigenvalue weighted by Crippen LogP contribution is 2.42. The SMILES string of the molecule is c1ccc(-c2ccc(-c3cccc(-c4nc(-c5cccc(-c6cccc(-c7cccc(-c8ccccc8)c7)c6)c5)nc5oc6ccccc6c45)c3)cc2)cc1.c1ccc(-c2cccc(-c3cccc(-c4cccc(-c5nc(-c6cccc(-c7cccc(-c8ccccc8)c7)c6)c6c(n5)oc5ccccc56)c4)c3)c2)cc1. The van der Waals surface area contributed by atoms with E-state index in [1.807, 2.05) is 48.5 Å². The van der Waals surface area contributed by atoms with Gasteiger partial charge in [-0.15, -0.1) is 0 Å². The van der Waals surface area contributed by atoms with Gasteiger partial charge in [0.25, 0.3) is 0 Å². The summed E-state index contributed by atoms with van der Waals surface area (Å²) in [6.07, 6.45) is 0. The fraction of sp³-hybridized carbons (Fsp3) is 0. The number of nitrogens with zero attached hydrogens (tertiary/aromatic N) is 4. The Hall–Kier alpha value is -14.7. The summed E-state index contributed by atoms with van der Waals surface area (Å²) < 4.78 is 12.8. The molecule has 0 atom stereocenters. The molecular formula is C104H68N4O2. The Labute approximate surface area is 637 Å². The summed E-state index contributed by atoms with van der Waals surface area (Å²) in [5, 5.41) is 3.82. The van der Waals surface area contributed by atoms with Crippen LogP contribution < -0.4 is 0 Å². The Morgan fingerprint density at radius 3 is 0.627 bits per heavy atom.